The minimum absolute atomic E-state index is 0.461. The van der Waals surface area contributed by atoms with E-state index in [1.807, 2.05) is 49.7 Å². The van der Waals surface area contributed by atoms with Crippen molar-refractivity contribution < 1.29 is 0 Å². The van der Waals surface area contributed by atoms with Crippen LogP contribution in [0.3, 0.4) is 0 Å². The number of H-pyrrole nitrogens is 1. The second-order valence-corrected chi connectivity index (χ2v) is 6.26. The van der Waals surface area contributed by atoms with E-state index in [0.717, 1.165) is 27.5 Å². The number of hydrogen-bond donors (Lipinski definition) is 1. The highest BCUT2D eigenvalue weighted by atomic mass is 35.5. The topological polar surface area (TPSA) is 63.8 Å². The predicted molar refractivity (Wildman–Crippen MR) is 97.4 cm³/mol. The van der Waals surface area contributed by atoms with Gasteiger partial charge in [-0.25, -0.2) is 0 Å². The van der Waals surface area contributed by atoms with Gasteiger partial charge in [0, 0.05) is 16.3 Å². The lowest BCUT2D eigenvalue weighted by molar-refractivity contribution is 0.659. The van der Waals surface area contributed by atoms with Crippen LogP contribution in [0.1, 0.15) is 28.3 Å². The van der Waals surface area contributed by atoms with Gasteiger partial charge in [-0.15, -0.1) is 0 Å². The molecule has 2 aromatic heterocycles. The number of rotatable bonds is 4. The van der Waals surface area contributed by atoms with Crippen molar-refractivity contribution in [2.24, 2.45) is 5.10 Å². The Morgan fingerprint density at radius 3 is 2.71 bits per heavy atom. The first-order chi connectivity index (χ1) is 11.5. The van der Waals surface area contributed by atoms with Crippen LogP contribution in [-0.2, 0) is 6.54 Å². The van der Waals surface area contributed by atoms with Crippen LogP contribution in [0.15, 0.2) is 29.4 Å². The summed E-state index contributed by atoms with van der Waals surface area (Å²) in [5, 5.41) is 16.5. The van der Waals surface area contributed by atoms with E-state index < -0.39 is 0 Å². The van der Waals surface area contributed by atoms with E-state index in [-0.39, 0.29) is 0 Å². The third-order valence-corrected chi connectivity index (χ3v) is 4.46. The third-order valence-electron chi connectivity index (χ3n) is 3.83. The molecular weight excluding hydrogens is 344 g/mol. The molecule has 0 bridgehead atoms. The number of aryl methyl sites for hydroxylation is 2. The fourth-order valence-electron chi connectivity index (χ4n) is 2.46. The van der Waals surface area contributed by atoms with Crippen LogP contribution in [0.4, 0.5) is 0 Å². The zero-order valence-corrected chi connectivity index (χ0v) is 15.2. The minimum Gasteiger partial charge on any atom is -0.264 e. The molecule has 124 valence electrons. The Morgan fingerprint density at radius 1 is 1.29 bits per heavy atom. The molecule has 2 heterocycles. The molecule has 0 saturated heterocycles. The summed E-state index contributed by atoms with van der Waals surface area (Å²) >= 11 is 11.4. The fraction of sp³-hybridized carbons (Fsp3) is 0.250. The minimum atomic E-state index is 0.461. The number of hydrogen-bond acceptors (Lipinski definition) is 4. The summed E-state index contributed by atoms with van der Waals surface area (Å²) in [5.74, 6) is 0.704. The van der Waals surface area contributed by atoms with Gasteiger partial charge in [-0.3, -0.25) is 9.78 Å². The largest absolute Gasteiger partial charge is 0.264 e. The van der Waals surface area contributed by atoms with E-state index >= 15 is 0 Å². The first-order valence-electron chi connectivity index (χ1n) is 7.43. The summed E-state index contributed by atoms with van der Waals surface area (Å²) in [6.45, 7) is 6.42. The molecule has 0 spiro atoms. The highest BCUT2D eigenvalue weighted by Crippen LogP contribution is 2.18. The van der Waals surface area contributed by atoms with Gasteiger partial charge in [-0.05, 0) is 44.6 Å². The number of aromatic amines is 1. The third kappa shape index (κ3) is 3.18. The maximum Gasteiger partial charge on any atom is 0.216 e. The van der Waals surface area contributed by atoms with Crippen LogP contribution < -0.4 is 0 Å². The second-order valence-electron chi connectivity index (χ2n) is 5.47. The van der Waals surface area contributed by atoms with Crippen LogP contribution in [0, 0.1) is 25.5 Å². The maximum absolute atomic E-state index is 6.24. The molecule has 0 amide bonds. The monoisotopic (exact) mass is 360 g/mol. The lowest BCUT2D eigenvalue weighted by atomic mass is 10.2. The molecular formula is C16H17ClN6S. The lowest BCUT2D eigenvalue weighted by Crippen LogP contribution is -2.05. The summed E-state index contributed by atoms with van der Waals surface area (Å²) in [6.07, 6.45) is 1.76. The SMILES string of the molecule is Cc1nn(Cc2ccccc2Cl)c(C)c1/C=N\n1c(C)n[nH]c1=S. The maximum atomic E-state index is 6.24. The molecule has 0 radical (unpaired) electrons. The molecule has 0 atom stereocenters. The molecule has 0 unspecified atom stereocenters. The van der Waals surface area contributed by atoms with Gasteiger partial charge >= 0.3 is 0 Å². The van der Waals surface area contributed by atoms with E-state index in [4.69, 9.17) is 23.8 Å². The molecule has 0 aliphatic carbocycles. The van der Waals surface area contributed by atoms with Crippen molar-refractivity contribution in [3.8, 4) is 0 Å². The van der Waals surface area contributed by atoms with Crippen LogP contribution in [0.25, 0.3) is 0 Å². The molecule has 3 aromatic rings. The van der Waals surface area contributed by atoms with Crippen molar-refractivity contribution in [2.45, 2.75) is 27.3 Å². The summed E-state index contributed by atoms with van der Waals surface area (Å²) < 4.78 is 3.97. The molecule has 8 heteroatoms. The summed E-state index contributed by atoms with van der Waals surface area (Å²) in [4.78, 5) is 0. The van der Waals surface area contributed by atoms with Crippen LogP contribution in [0.5, 0.6) is 0 Å². The predicted octanol–water partition coefficient (Wildman–Crippen LogP) is 3.65. The van der Waals surface area contributed by atoms with Gasteiger partial charge in [-0.1, -0.05) is 29.8 Å². The summed E-state index contributed by atoms with van der Waals surface area (Å²) in [6, 6.07) is 7.77. The Balaban J connectivity index is 1.93. The molecule has 6 nitrogen and oxygen atoms in total. The van der Waals surface area contributed by atoms with Crippen LogP contribution in [-0.4, -0.2) is 30.9 Å². The van der Waals surface area contributed by atoms with Crippen molar-refractivity contribution in [2.75, 3.05) is 0 Å². The number of halogens is 1. The lowest BCUT2D eigenvalue weighted by Gasteiger charge is -2.06. The Morgan fingerprint density at radius 2 is 2.04 bits per heavy atom. The van der Waals surface area contributed by atoms with Crippen molar-refractivity contribution >= 4 is 30.0 Å². The van der Waals surface area contributed by atoms with Gasteiger partial charge in [0.2, 0.25) is 4.77 Å². The first-order valence-corrected chi connectivity index (χ1v) is 8.21. The number of nitrogens with zero attached hydrogens (tertiary/aromatic N) is 5. The van der Waals surface area contributed by atoms with E-state index in [0.29, 0.717) is 17.1 Å². The smallest absolute Gasteiger partial charge is 0.216 e. The van der Waals surface area contributed by atoms with Gasteiger partial charge in [-0.2, -0.15) is 20.0 Å². The molecule has 0 aliphatic rings. The van der Waals surface area contributed by atoms with Crippen molar-refractivity contribution in [3.63, 3.8) is 0 Å². The number of aromatic nitrogens is 5. The number of benzene rings is 1. The Bertz CT molecular complexity index is 965. The van der Waals surface area contributed by atoms with Crippen molar-refractivity contribution in [1.82, 2.24) is 24.7 Å². The second kappa shape index (κ2) is 6.70. The van der Waals surface area contributed by atoms with Gasteiger partial charge in [0.15, 0.2) is 0 Å². The zero-order chi connectivity index (χ0) is 17.3. The molecule has 1 aromatic carbocycles. The summed E-state index contributed by atoms with van der Waals surface area (Å²) in [7, 11) is 0. The Labute approximate surface area is 149 Å². The normalized spacial score (nSPS) is 11.5. The van der Waals surface area contributed by atoms with E-state index in [1.165, 1.54) is 0 Å². The molecule has 0 fully saturated rings. The van der Waals surface area contributed by atoms with Gasteiger partial charge in [0.1, 0.15) is 5.82 Å². The zero-order valence-electron chi connectivity index (χ0n) is 13.6. The molecule has 1 N–H and O–H groups in total. The highest BCUT2D eigenvalue weighted by molar-refractivity contribution is 7.71. The average Bonchev–Trinajstić information content (AvgIpc) is 3.00. The molecule has 0 saturated carbocycles. The van der Waals surface area contributed by atoms with Gasteiger partial charge in [0.05, 0.1) is 18.5 Å². The van der Waals surface area contributed by atoms with Crippen LogP contribution >= 0.6 is 23.8 Å². The Kier molecular flexibility index (Phi) is 4.64. The van der Waals surface area contributed by atoms with E-state index in [9.17, 15) is 0 Å². The standard InChI is InChI=1S/C16H17ClN6S/c1-10-14(8-18-23-12(3)19-20-16(23)24)11(2)22(21-10)9-13-6-4-5-7-15(13)17/h4-8H,9H2,1-3H3,(H,20,24)/b18-8-. The highest BCUT2D eigenvalue weighted by Gasteiger charge is 2.11. The molecule has 0 aliphatic heterocycles. The fourth-order valence-corrected chi connectivity index (χ4v) is 2.88. The average molecular weight is 361 g/mol. The van der Waals surface area contributed by atoms with Crippen LogP contribution in [0.2, 0.25) is 5.02 Å². The summed E-state index contributed by atoms with van der Waals surface area (Å²) in [5.41, 5.74) is 3.91. The molecule has 3 rings (SSSR count). The van der Waals surface area contributed by atoms with Crippen molar-refractivity contribution in [1.29, 1.82) is 0 Å². The number of nitrogens with one attached hydrogen (secondary N) is 1. The van der Waals surface area contributed by atoms with Gasteiger partial charge < -0.3 is 0 Å². The first kappa shape index (κ1) is 16.6. The van der Waals surface area contributed by atoms with Gasteiger partial charge in [0.25, 0.3) is 0 Å². The van der Waals surface area contributed by atoms with Crippen molar-refractivity contribution in [3.05, 3.63) is 62.4 Å². The molecule has 24 heavy (non-hydrogen) atoms. The van der Waals surface area contributed by atoms with E-state index in [2.05, 4.69) is 20.4 Å². The van der Waals surface area contributed by atoms with E-state index in [1.54, 1.807) is 10.9 Å². The quantitative estimate of drug-likeness (QED) is 0.570. The Hall–Kier alpha value is -2.25.